The first-order valence-corrected chi connectivity index (χ1v) is 4.10. The molecule has 2 N–H and O–H groups in total. The van der Waals surface area contributed by atoms with Gasteiger partial charge >= 0.3 is 5.97 Å². The van der Waals surface area contributed by atoms with Gasteiger partial charge in [-0.05, 0) is 26.7 Å². The lowest BCUT2D eigenvalue weighted by Gasteiger charge is -2.31. The predicted molar refractivity (Wildman–Crippen MR) is 49.7 cm³/mol. The molecule has 1 saturated heterocycles. The topological polar surface area (TPSA) is 49.3 Å². The van der Waals surface area contributed by atoms with Crippen molar-refractivity contribution in [2.75, 3.05) is 0 Å². The van der Waals surface area contributed by atoms with E-state index in [1.165, 1.54) is 0 Å². The molecule has 1 aliphatic rings. The van der Waals surface area contributed by atoms with Gasteiger partial charge in [0.1, 0.15) is 0 Å². The number of carboxylic acids is 1. The van der Waals surface area contributed by atoms with Crippen LogP contribution in [-0.4, -0.2) is 23.2 Å². The van der Waals surface area contributed by atoms with E-state index in [2.05, 4.69) is 12.2 Å². The molecule has 4 heteroatoms. The van der Waals surface area contributed by atoms with E-state index in [0.29, 0.717) is 6.04 Å². The van der Waals surface area contributed by atoms with Gasteiger partial charge in [0.25, 0.3) is 0 Å². The van der Waals surface area contributed by atoms with E-state index in [1.54, 1.807) is 0 Å². The van der Waals surface area contributed by atoms with Crippen LogP contribution in [0.25, 0.3) is 0 Å². The summed E-state index contributed by atoms with van der Waals surface area (Å²) in [6.45, 7) is 4.03. The summed E-state index contributed by atoms with van der Waals surface area (Å²) in [5.41, 5.74) is 0. The molecule has 72 valence electrons. The van der Waals surface area contributed by atoms with Crippen LogP contribution in [0.2, 0.25) is 0 Å². The SMILES string of the molecule is CC1CCC(C(=O)O)C(C)N1.Cl. The number of carboxylic acid groups (broad SMARTS) is 1. The highest BCUT2D eigenvalue weighted by Crippen LogP contribution is 2.19. The molecule has 0 aromatic rings. The van der Waals surface area contributed by atoms with Crippen LogP contribution >= 0.6 is 12.4 Å². The molecular weight excluding hydrogens is 178 g/mol. The van der Waals surface area contributed by atoms with Crippen molar-refractivity contribution in [1.29, 1.82) is 0 Å². The van der Waals surface area contributed by atoms with Crippen molar-refractivity contribution < 1.29 is 9.90 Å². The number of hydrogen-bond donors (Lipinski definition) is 2. The Bertz CT molecular complexity index is 163. The number of carbonyl (C=O) groups is 1. The minimum atomic E-state index is -0.670. The van der Waals surface area contributed by atoms with E-state index in [0.717, 1.165) is 12.8 Å². The summed E-state index contributed by atoms with van der Waals surface area (Å²) in [6.07, 6.45) is 1.78. The fourth-order valence-electron chi connectivity index (χ4n) is 1.67. The van der Waals surface area contributed by atoms with Crippen LogP contribution in [0.3, 0.4) is 0 Å². The molecule has 12 heavy (non-hydrogen) atoms. The molecule has 0 saturated carbocycles. The van der Waals surface area contributed by atoms with Crippen molar-refractivity contribution in [3.05, 3.63) is 0 Å². The van der Waals surface area contributed by atoms with E-state index < -0.39 is 5.97 Å². The Morgan fingerprint density at radius 2 is 2.00 bits per heavy atom. The second kappa shape index (κ2) is 4.67. The van der Waals surface area contributed by atoms with Crippen LogP contribution in [0.1, 0.15) is 26.7 Å². The Kier molecular flexibility index (Phi) is 4.57. The molecule has 0 radical (unpaired) electrons. The Labute approximate surface area is 78.9 Å². The molecule has 0 aromatic carbocycles. The molecule has 0 spiro atoms. The van der Waals surface area contributed by atoms with Gasteiger partial charge in [0, 0.05) is 12.1 Å². The van der Waals surface area contributed by atoms with Gasteiger partial charge in [-0.2, -0.15) is 0 Å². The van der Waals surface area contributed by atoms with Crippen LogP contribution in [-0.2, 0) is 4.79 Å². The number of hydrogen-bond acceptors (Lipinski definition) is 2. The molecule has 1 aliphatic heterocycles. The minimum Gasteiger partial charge on any atom is -0.481 e. The van der Waals surface area contributed by atoms with Gasteiger partial charge in [-0.25, -0.2) is 0 Å². The summed E-state index contributed by atoms with van der Waals surface area (Å²) in [5, 5.41) is 12.0. The van der Waals surface area contributed by atoms with Crippen molar-refractivity contribution in [3.63, 3.8) is 0 Å². The van der Waals surface area contributed by atoms with E-state index in [1.807, 2.05) is 6.92 Å². The molecule has 3 unspecified atom stereocenters. The molecule has 1 fully saturated rings. The van der Waals surface area contributed by atoms with Crippen LogP contribution in [0, 0.1) is 5.92 Å². The zero-order chi connectivity index (χ0) is 8.43. The largest absolute Gasteiger partial charge is 0.481 e. The molecule has 3 atom stereocenters. The maximum absolute atomic E-state index is 10.6. The van der Waals surface area contributed by atoms with Crippen LogP contribution in [0.15, 0.2) is 0 Å². The van der Waals surface area contributed by atoms with Crippen LogP contribution in [0.4, 0.5) is 0 Å². The average Bonchev–Trinajstić information content (AvgIpc) is 1.85. The highest BCUT2D eigenvalue weighted by Gasteiger charge is 2.29. The summed E-state index contributed by atoms with van der Waals surface area (Å²) in [5.74, 6) is -0.858. The van der Waals surface area contributed by atoms with Crippen molar-refractivity contribution in [1.82, 2.24) is 5.32 Å². The van der Waals surface area contributed by atoms with Gasteiger partial charge in [0.2, 0.25) is 0 Å². The van der Waals surface area contributed by atoms with E-state index >= 15 is 0 Å². The third-order valence-corrected chi connectivity index (χ3v) is 2.38. The number of nitrogens with one attached hydrogen (secondary N) is 1. The van der Waals surface area contributed by atoms with Gasteiger partial charge in [-0.1, -0.05) is 0 Å². The standard InChI is InChI=1S/C8H15NO2.ClH/c1-5-3-4-7(8(10)11)6(2)9-5;/h5-7,9H,3-4H2,1-2H3,(H,10,11);1H. The van der Waals surface area contributed by atoms with Gasteiger partial charge in [-0.3, -0.25) is 4.79 Å². The summed E-state index contributed by atoms with van der Waals surface area (Å²) in [6, 6.07) is 0.594. The van der Waals surface area contributed by atoms with Gasteiger partial charge in [0.05, 0.1) is 5.92 Å². The number of piperidine rings is 1. The molecule has 3 nitrogen and oxygen atoms in total. The predicted octanol–water partition coefficient (Wildman–Crippen LogP) is 1.27. The van der Waals surface area contributed by atoms with Crippen molar-refractivity contribution in [3.8, 4) is 0 Å². The second-order valence-corrected chi connectivity index (χ2v) is 3.38. The molecule has 0 aromatic heterocycles. The second-order valence-electron chi connectivity index (χ2n) is 3.38. The van der Waals surface area contributed by atoms with Crippen molar-refractivity contribution >= 4 is 18.4 Å². The Morgan fingerprint density at radius 3 is 2.42 bits per heavy atom. The Hall–Kier alpha value is -0.280. The fourth-order valence-corrected chi connectivity index (χ4v) is 1.67. The van der Waals surface area contributed by atoms with Gasteiger partial charge < -0.3 is 10.4 Å². The summed E-state index contributed by atoms with van der Waals surface area (Å²) >= 11 is 0. The molecule has 1 rings (SSSR count). The Balaban J connectivity index is 0.00000121. The highest BCUT2D eigenvalue weighted by atomic mass is 35.5. The van der Waals surface area contributed by atoms with E-state index in [-0.39, 0.29) is 24.4 Å². The maximum Gasteiger partial charge on any atom is 0.308 e. The quantitative estimate of drug-likeness (QED) is 0.660. The lowest BCUT2D eigenvalue weighted by atomic mass is 9.89. The maximum atomic E-state index is 10.6. The van der Waals surface area contributed by atoms with Gasteiger partial charge in [0.15, 0.2) is 0 Å². The van der Waals surface area contributed by atoms with Crippen molar-refractivity contribution in [2.24, 2.45) is 5.92 Å². The highest BCUT2D eigenvalue weighted by molar-refractivity contribution is 5.85. The summed E-state index contributed by atoms with van der Waals surface area (Å²) in [7, 11) is 0. The zero-order valence-corrected chi connectivity index (χ0v) is 8.23. The first-order valence-electron chi connectivity index (χ1n) is 4.10. The minimum absolute atomic E-state index is 0. The van der Waals surface area contributed by atoms with Crippen LogP contribution in [0.5, 0.6) is 0 Å². The van der Waals surface area contributed by atoms with Crippen LogP contribution < -0.4 is 5.32 Å². The normalized spacial score (nSPS) is 35.3. The number of halogens is 1. The summed E-state index contributed by atoms with van der Waals surface area (Å²) < 4.78 is 0. The smallest absolute Gasteiger partial charge is 0.308 e. The first-order chi connectivity index (χ1) is 5.11. The third-order valence-electron chi connectivity index (χ3n) is 2.38. The van der Waals surface area contributed by atoms with Gasteiger partial charge in [-0.15, -0.1) is 12.4 Å². The lowest BCUT2D eigenvalue weighted by molar-refractivity contribution is -0.143. The first kappa shape index (κ1) is 11.7. The molecule has 1 heterocycles. The fraction of sp³-hybridized carbons (Fsp3) is 0.875. The van der Waals surface area contributed by atoms with E-state index in [4.69, 9.17) is 5.11 Å². The molecule has 0 bridgehead atoms. The summed E-state index contributed by atoms with van der Waals surface area (Å²) in [4.78, 5) is 10.6. The molecule has 0 aliphatic carbocycles. The average molecular weight is 194 g/mol. The monoisotopic (exact) mass is 193 g/mol. The van der Waals surface area contributed by atoms with Crippen molar-refractivity contribution in [2.45, 2.75) is 38.8 Å². The third kappa shape index (κ3) is 2.64. The Morgan fingerprint density at radius 1 is 1.42 bits per heavy atom. The zero-order valence-electron chi connectivity index (χ0n) is 7.41. The number of rotatable bonds is 1. The van der Waals surface area contributed by atoms with E-state index in [9.17, 15) is 4.79 Å². The number of aliphatic carboxylic acids is 1. The lowest BCUT2D eigenvalue weighted by Crippen LogP contribution is -2.47. The molecular formula is C8H16ClNO2. The molecule has 0 amide bonds.